The zero-order valence-electron chi connectivity index (χ0n) is 19.3. The summed E-state index contributed by atoms with van der Waals surface area (Å²) in [5.41, 5.74) is 0.172. The molecule has 12 heteroatoms. The van der Waals surface area contributed by atoms with Crippen LogP contribution in [0, 0.1) is 0 Å². The smallest absolute Gasteiger partial charge is 0.337 e. The third kappa shape index (κ3) is 7.44. The van der Waals surface area contributed by atoms with E-state index >= 15 is 0 Å². The molecule has 0 unspecified atom stereocenters. The summed E-state index contributed by atoms with van der Waals surface area (Å²) in [4.78, 5) is 58.7. The molecule has 0 bridgehead atoms. The highest BCUT2D eigenvalue weighted by molar-refractivity contribution is 5.89. The van der Waals surface area contributed by atoms with Crippen LogP contribution in [0.3, 0.4) is 0 Å². The molecule has 12 nitrogen and oxygen atoms in total. The Hall–Kier alpha value is -3.67. The molecule has 1 heterocycles. The molecule has 0 aliphatic carbocycles. The van der Waals surface area contributed by atoms with Gasteiger partial charge in [0.1, 0.15) is 18.5 Å². The molecule has 186 valence electrons. The van der Waals surface area contributed by atoms with E-state index < -0.39 is 60.6 Å². The van der Waals surface area contributed by atoms with Gasteiger partial charge in [-0.1, -0.05) is 6.07 Å². The van der Waals surface area contributed by atoms with E-state index in [9.17, 15) is 24.0 Å². The van der Waals surface area contributed by atoms with Crippen molar-refractivity contribution in [1.29, 1.82) is 0 Å². The molecule has 1 aliphatic heterocycles. The van der Waals surface area contributed by atoms with Crippen LogP contribution in [-0.4, -0.2) is 74.3 Å². The lowest BCUT2D eigenvalue weighted by Crippen LogP contribution is -2.63. The van der Waals surface area contributed by atoms with E-state index in [0.29, 0.717) is 0 Å². The van der Waals surface area contributed by atoms with E-state index in [1.165, 1.54) is 38.3 Å². The summed E-state index contributed by atoms with van der Waals surface area (Å²) >= 11 is 0. The summed E-state index contributed by atoms with van der Waals surface area (Å²) in [7, 11) is 1.22. The molecule has 0 aromatic heterocycles. The number of rotatable bonds is 8. The van der Waals surface area contributed by atoms with Gasteiger partial charge in [-0.2, -0.15) is 0 Å². The third-order valence-corrected chi connectivity index (χ3v) is 4.46. The highest BCUT2D eigenvalue weighted by Gasteiger charge is 2.53. The second kappa shape index (κ2) is 12.0. The Morgan fingerprint density at radius 3 is 1.97 bits per heavy atom. The zero-order valence-corrected chi connectivity index (χ0v) is 19.3. The van der Waals surface area contributed by atoms with Gasteiger partial charge in [-0.3, -0.25) is 19.2 Å². The maximum atomic E-state index is 11.9. The van der Waals surface area contributed by atoms with Crippen molar-refractivity contribution >= 4 is 29.8 Å². The molecule has 1 saturated heterocycles. The average Bonchev–Trinajstić information content (AvgIpc) is 2.75. The zero-order chi connectivity index (χ0) is 25.4. The highest BCUT2D eigenvalue weighted by Crippen LogP contribution is 2.31. The predicted octanol–water partition coefficient (Wildman–Crippen LogP) is 0.935. The van der Waals surface area contributed by atoms with Gasteiger partial charge in [0.15, 0.2) is 12.2 Å². The van der Waals surface area contributed by atoms with Crippen molar-refractivity contribution in [1.82, 2.24) is 0 Å². The quantitative estimate of drug-likeness (QED) is 0.383. The SMILES string of the molecule is COC(=O)c1cccc(O[C@@H]2O[C@H](COC(C)=O)[C@@H](OC(C)=O)[C@H](OC(C)=O)[C@H]2OC(C)=O)c1. The van der Waals surface area contributed by atoms with Gasteiger partial charge in [0, 0.05) is 27.7 Å². The van der Waals surface area contributed by atoms with Crippen LogP contribution in [-0.2, 0) is 47.6 Å². The van der Waals surface area contributed by atoms with E-state index in [-0.39, 0.29) is 17.9 Å². The minimum atomic E-state index is -1.41. The van der Waals surface area contributed by atoms with Crippen molar-refractivity contribution in [2.45, 2.75) is 58.4 Å². The fourth-order valence-corrected chi connectivity index (χ4v) is 3.23. The van der Waals surface area contributed by atoms with E-state index in [4.69, 9.17) is 28.4 Å². The first-order valence-corrected chi connectivity index (χ1v) is 10.2. The first-order chi connectivity index (χ1) is 16.0. The van der Waals surface area contributed by atoms with Gasteiger partial charge in [-0.05, 0) is 18.2 Å². The van der Waals surface area contributed by atoms with Crippen LogP contribution in [0.25, 0.3) is 0 Å². The summed E-state index contributed by atoms with van der Waals surface area (Å²) in [6.45, 7) is 4.13. The summed E-state index contributed by atoms with van der Waals surface area (Å²) in [6, 6.07) is 5.87. The van der Waals surface area contributed by atoms with Crippen molar-refractivity contribution in [3.63, 3.8) is 0 Å². The van der Waals surface area contributed by atoms with Crippen LogP contribution in [0.4, 0.5) is 0 Å². The average molecular weight is 482 g/mol. The van der Waals surface area contributed by atoms with Gasteiger partial charge in [0.05, 0.1) is 12.7 Å². The highest BCUT2D eigenvalue weighted by atomic mass is 16.7. The second-order valence-corrected chi connectivity index (χ2v) is 7.20. The number of methoxy groups -OCH3 is 1. The molecule has 0 spiro atoms. The van der Waals surface area contributed by atoms with Crippen molar-refractivity contribution in [3.8, 4) is 5.75 Å². The maximum absolute atomic E-state index is 11.9. The van der Waals surface area contributed by atoms with E-state index in [0.717, 1.165) is 20.8 Å². The third-order valence-electron chi connectivity index (χ3n) is 4.46. The monoisotopic (exact) mass is 482 g/mol. The fraction of sp³-hybridized carbons (Fsp3) is 0.500. The Morgan fingerprint density at radius 2 is 1.41 bits per heavy atom. The van der Waals surface area contributed by atoms with Crippen molar-refractivity contribution < 1.29 is 57.1 Å². The molecule has 2 rings (SSSR count). The lowest BCUT2D eigenvalue weighted by molar-refractivity contribution is -0.288. The first kappa shape index (κ1) is 26.6. The molecule has 0 amide bonds. The van der Waals surface area contributed by atoms with Gasteiger partial charge < -0.3 is 33.2 Å². The maximum Gasteiger partial charge on any atom is 0.337 e. The standard InChI is InChI=1S/C22H26O12/c1-11(23)29-10-17-18(30-12(2)24)19(31-13(3)25)20(32-14(4)26)22(34-17)33-16-8-6-7-15(9-16)21(27)28-5/h6-9,17-20,22H,10H2,1-5H3/t17-,18-,19+,20-,22-/m1/s1. The largest absolute Gasteiger partial charge is 0.465 e. The van der Waals surface area contributed by atoms with Crippen molar-refractivity contribution in [2.24, 2.45) is 0 Å². The minimum Gasteiger partial charge on any atom is -0.465 e. The van der Waals surface area contributed by atoms with Gasteiger partial charge in [-0.25, -0.2) is 4.79 Å². The Balaban J connectivity index is 2.47. The van der Waals surface area contributed by atoms with Crippen LogP contribution in [0.1, 0.15) is 38.1 Å². The number of carbonyl (C=O) groups is 5. The number of esters is 5. The van der Waals surface area contributed by atoms with Gasteiger partial charge >= 0.3 is 29.8 Å². The lowest BCUT2D eigenvalue weighted by atomic mass is 9.98. The normalized spacial score (nSPS) is 23.7. The number of benzene rings is 1. The number of hydrogen-bond donors (Lipinski definition) is 0. The summed E-state index contributed by atoms with van der Waals surface area (Å²) in [6.07, 6.45) is -6.62. The van der Waals surface area contributed by atoms with Crippen molar-refractivity contribution in [3.05, 3.63) is 29.8 Å². The summed E-state index contributed by atoms with van der Waals surface area (Å²) in [5, 5.41) is 0. The minimum absolute atomic E-state index is 0.129. The molecule has 1 aromatic rings. The molecular weight excluding hydrogens is 456 g/mol. The summed E-state index contributed by atoms with van der Waals surface area (Å²) in [5.74, 6) is -3.40. The van der Waals surface area contributed by atoms with Gasteiger partial charge in [0.25, 0.3) is 0 Å². The molecular formula is C22H26O12. The molecule has 1 fully saturated rings. The van der Waals surface area contributed by atoms with Crippen LogP contribution >= 0.6 is 0 Å². The molecule has 34 heavy (non-hydrogen) atoms. The Bertz CT molecular complexity index is 926. The lowest BCUT2D eigenvalue weighted by Gasteiger charge is -2.43. The van der Waals surface area contributed by atoms with Crippen molar-refractivity contribution in [2.75, 3.05) is 13.7 Å². The van der Waals surface area contributed by atoms with E-state index in [2.05, 4.69) is 4.74 Å². The van der Waals surface area contributed by atoms with Crippen LogP contribution in [0.2, 0.25) is 0 Å². The molecule has 1 aromatic carbocycles. The van der Waals surface area contributed by atoms with E-state index in [1.807, 2.05) is 0 Å². The molecule has 0 N–H and O–H groups in total. The number of carbonyl (C=O) groups excluding carboxylic acids is 5. The Labute approximate surface area is 195 Å². The van der Waals surface area contributed by atoms with Crippen LogP contribution in [0.5, 0.6) is 5.75 Å². The fourth-order valence-electron chi connectivity index (χ4n) is 3.23. The topological polar surface area (TPSA) is 150 Å². The van der Waals surface area contributed by atoms with Crippen LogP contribution in [0.15, 0.2) is 24.3 Å². The Kier molecular flexibility index (Phi) is 9.36. The number of ether oxygens (including phenoxy) is 7. The molecule has 5 atom stereocenters. The second-order valence-electron chi connectivity index (χ2n) is 7.20. The van der Waals surface area contributed by atoms with E-state index in [1.54, 1.807) is 0 Å². The molecule has 0 saturated carbocycles. The first-order valence-electron chi connectivity index (χ1n) is 10.2. The predicted molar refractivity (Wildman–Crippen MR) is 110 cm³/mol. The summed E-state index contributed by atoms with van der Waals surface area (Å²) < 4.78 is 37.3. The van der Waals surface area contributed by atoms with Gasteiger partial charge in [0.2, 0.25) is 12.4 Å². The number of hydrogen-bond acceptors (Lipinski definition) is 12. The van der Waals surface area contributed by atoms with Gasteiger partial charge in [-0.15, -0.1) is 0 Å². The van der Waals surface area contributed by atoms with Crippen LogP contribution < -0.4 is 4.74 Å². The molecule has 0 radical (unpaired) electrons. The molecule has 1 aliphatic rings. The Morgan fingerprint density at radius 1 is 0.824 bits per heavy atom.